The summed E-state index contributed by atoms with van der Waals surface area (Å²) >= 11 is 0. The molecule has 0 aliphatic heterocycles. The van der Waals surface area contributed by atoms with E-state index in [1.807, 2.05) is 6.07 Å². The van der Waals surface area contributed by atoms with Crippen molar-refractivity contribution in [2.24, 2.45) is 5.16 Å². The fourth-order valence-electron chi connectivity index (χ4n) is 2.38. The summed E-state index contributed by atoms with van der Waals surface area (Å²) in [5.74, 6) is 0. The van der Waals surface area contributed by atoms with Crippen LogP contribution >= 0.6 is 0 Å². The van der Waals surface area contributed by atoms with Crippen LogP contribution in [0.4, 0.5) is 0 Å². The Morgan fingerprint density at radius 1 is 1.37 bits per heavy atom. The topological polar surface area (TPSA) is 68.6 Å². The molecule has 104 valence electrons. The first-order valence-electron chi connectivity index (χ1n) is 6.24. The summed E-state index contributed by atoms with van der Waals surface area (Å²) in [5, 5.41) is 4.03. The number of aryl methyl sites for hydroxylation is 1. The largest absolute Gasteiger partial charge is 0.399 e. The minimum Gasteiger partial charge on any atom is -0.399 e. The average molecular weight is 282 g/mol. The van der Waals surface area contributed by atoms with Crippen LogP contribution in [0.25, 0.3) is 0 Å². The minimum atomic E-state index is -3.32. The molecule has 0 unspecified atom stereocenters. The van der Waals surface area contributed by atoms with Crippen LogP contribution in [0.15, 0.2) is 16.2 Å². The van der Waals surface area contributed by atoms with Gasteiger partial charge in [0.1, 0.15) is 12.8 Å². The molecule has 0 saturated carbocycles. The molecule has 6 heteroatoms. The van der Waals surface area contributed by atoms with Gasteiger partial charge in [-0.2, -0.15) is 0 Å². The third kappa shape index (κ3) is 2.94. The molecule has 19 heavy (non-hydrogen) atoms. The molecule has 0 saturated heterocycles. The molecule has 0 radical (unpaired) electrons. The predicted molar refractivity (Wildman–Crippen MR) is 73.2 cm³/mol. The van der Waals surface area contributed by atoms with E-state index in [4.69, 9.17) is 4.84 Å². The molecular weight excluding hydrogens is 264 g/mol. The van der Waals surface area contributed by atoms with Gasteiger partial charge < -0.3 is 4.84 Å². The molecule has 5 nitrogen and oxygen atoms in total. The van der Waals surface area contributed by atoms with Crippen molar-refractivity contribution >= 4 is 15.5 Å². The number of oxime groups is 1. The summed E-state index contributed by atoms with van der Waals surface area (Å²) in [6.07, 6.45) is 4.98. The Kier molecular flexibility index (Phi) is 3.89. The first kappa shape index (κ1) is 14.0. The van der Waals surface area contributed by atoms with Crippen LogP contribution in [-0.4, -0.2) is 32.5 Å². The monoisotopic (exact) mass is 282 g/mol. The maximum Gasteiger partial charge on any atom is 0.193 e. The maximum absolute atomic E-state index is 11.9. The number of nitrogens with zero attached hydrogens (tertiary/aromatic N) is 2. The zero-order chi connectivity index (χ0) is 14.0. The van der Waals surface area contributed by atoms with Gasteiger partial charge in [0, 0.05) is 6.26 Å². The molecule has 0 spiro atoms. The van der Waals surface area contributed by atoms with Gasteiger partial charge >= 0.3 is 0 Å². The lowest BCUT2D eigenvalue weighted by atomic mass is 9.92. The van der Waals surface area contributed by atoms with E-state index >= 15 is 0 Å². The molecule has 0 atom stereocenters. The Morgan fingerprint density at radius 2 is 2.05 bits per heavy atom. The van der Waals surface area contributed by atoms with E-state index in [1.165, 1.54) is 13.4 Å². The van der Waals surface area contributed by atoms with Gasteiger partial charge in [0.05, 0.1) is 5.69 Å². The highest BCUT2D eigenvalue weighted by Crippen LogP contribution is 2.27. The van der Waals surface area contributed by atoms with E-state index in [9.17, 15) is 8.42 Å². The number of fused-ring (bicyclic) bond motifs is 1. The third-order valence-electron chi connectivity index (χ3n) is 3.25. The smallest absolute Gasteiger partial charge is 0.193 e. The van der Waals surface area contributed by atoms with Crippen LogP contribution in [-0.2, 0) is 27.5 Å². The fraction of sp³-hybridized carbons (Fsp3) is 0.538. The van der Waals surface area contributed by atoms with E-state index < -0.39 is 9.84 Å². The molecular formula is C13H18N2O3S. The Bertz CT molecular complexity index is 621. The highest BCUT2D eigenvalue weighted by Gasteiger charge is 2.22. The zero-order valence-corrected chi connectivity index (χ0v) is 12.2. The second-order valence-corrected chi connectivity index (χ2v) is 6.72. The van der Waals surface area contributed by atoms with E-state index in [1.54, 1.807) is 6.92 Å². The van der Waals surface area contributed by atoms with Crippen molar-refractivity contribution in [3.63, 3.8) is 0 Å². The van der Waals surface area contributed by atoms with Crippen molar-refractivity contribution in [1.29, 1.82) is 0 Å². The Hall–Kier alpha value is -1.43. The van der Waals surface area contributed by atoms with Crippen molar-refractivity contribution in [2.45, 2.75) is 37.6 Å². The molecule has 1 heterocycles. The van der Waals surface area contributed by atoms with Crippen molar-refractivity contribution in [2.75, 3.05) is 13.4 Å². The molecule has 1 aliphatic carbocycles. The average Bonchev–Trinajstić information content (AvgIpc) is 2.36. The van der Waals surface area contributed by atoms with E-state index in [0.717, 1.165) is 36.8 Å². The normalized spacial score (nSPS) is 16.1. The summed E-state index contributed by atoms with van der Waals surface area (Å²) in [4.78, 5) is 9.00. The zero-order valence-electron chi connectivity index (χ0n) is 11.4. The minimum absolute atomic E-state index is 0.199. The van der Waals surface area contributed by atoms with Gasteiger partial charge in [0.2, 0.25) is 0 Å². The second-order valence-electron chi connectivity index (χ2n) is 4.79. The van der Waals surface area contributed by atoms with Crippen molar-refractivity contribution in [3.8, 4) is 0 Å². The van der Waals surface area contributed by atoms with Crippen LogP contribution in [0, 0.1) is 0 Å². The summed E-state index contributed by atoms with van der Waals surface area (Å²) in [6, 6.07) is 1.93. The van der Waals surface area contributed by atoms with Gasteiger partial charge in [0.25, 0.3) is 0 Å². The first-order valence-corrected chi connectivity index (χ1v) is 8.13. The van der Waals surface area contributed by atoms with Gasteiger partial charge in [0.15, 0.2) is 14.9 Å². The number of rotatable bonds is 3. The van der Waals surface area contributed by atoms with Crippen LogP contribution in [0.3, 0.4) is 0 Å². The lowest BCUT2D eigenvalue weighted by Crippen LogP contribution is -2.15. The standard InChI is InChI=1S/C13H18N2O3S/c1-9(15-18-2)12-8-10-6-4-5-7-11(10)13(14-12)19(3,16)17/h8H,4-7H2,1-3H3/b15-9+. The number of sulfone groups is 1. The van der Waals surface area contributed by atoms with Crippen LogP contribution < -0.4 is 0 Å². The van der Waals surface area contributed by atoms with Crippen LogP contribution in [0.2, 0.25) is 0 Å². The van der Waals surface area contributed by atoms with Gasteiger partial charge in [-0.15, -0.1) is 0 Å². The first-order chi connectivity index (χ1) is 8.93. The Morgan fingerprint density at radius 3 is 2.68 bits per heavy atom. The molecule has 0 aromatic carbocycles. The molecule has 0 amide bonds. The molecule has 1 aromatic rings. The van der Waals surface area contributed by atoms with E-state index in [-0.39, 0.29) is 5.03 Å². The van der Waals surface area contributed by atoms with Crippen LogP contribution in [0.5, 0.6) is 0 Å². The Balaban J connectivity index is 2.65. The molecule has 0 bridgehead atoms. The SMILES string of the molecule is CO/N=C(\C)c1cc2c(c(S(C)(=O)=O)n1)CCCC2. The number of pyridine rings is 1. The summed E-state index contributed by atoms with van der Waals surface area (Å²) in [7, 11) is -1.86. The third-order valence-corrected chi connectivity index (χ3v) is 4.29. The van der Waals surface area contributed by atoms with Crippen molar-refractivity contribution in [3.05, 3.63) is 22.9 Å². The van der Waals surface area contributed by atoms with E-state index in [0.29, 0.717) is 11.4 Å². The van der Waals surface area contributed by atoms with Crippen molar-refractivity contribution < 1.29 is 13.3 Å². The Labute approximate surface area is 113 Å². The highest BCUT2D eigenvalue weighted by atomic mass is 32.2. The maximum atomic E-state index is 11.9. The molecule has 1 aliphatic rings. The van der Waals surface area contributed by atoms with Crippen LogP contribution in [0.1, 0.15) is 36.6 Å². The summed E-state index contributed by atoms with van der Waals surface area (Å²) < 4.78 is 23.8. The van der Waals surface area contributed by atoms with Gasteiger partial charge in [-0.05, 0) is 49.8 Å². The van der Waals surface area contributed by atoms with E-state index in [2.05, 4.69) is 10.1 Å². The molecule has 0 N–H and O–H groups in total. The number of hydrogen-bond donors (Lipinski definition) is 0. The summed E-state index contributed by atoms with van der Waals surface area (Å²) in [5.41, 5.74) is 3.11. The van der Waals surface area contributed by atoms with Gasteiger partial charge in [-0.25, -0.2) is 13.4 Å². The predicted octanol–water partition coefficient (Wildman–Crippen LogP) is 1.73. The number of hydrogen-bond acceptors (Lipinski definition) is 5. The molecule has 0 fully saturated rings. The van der Waals surface area contributed by atoms with Crippen molar-refractivity contribution in [1.82, 2.24) is 4.98 Å². The lowest BCUT2D eigenvalue weighted by molar-refractivity contribution is 0.213. The molecule has 2 rings (SSSR count). The fourth-order valence-corrected chi connectivity index (χ4v) is 3.33. The molecule has 1 aromatic heterocycles. The summed E-state index contributed by atoms with van der Waals surface area (Å²) in [6.45, 7) is 1.76. The lowest BCUT2D eigenvalue weighted by Gasteiger charge is -2.19. The highest BCUT2D eigenvalue weighted by molar-refractivity contribution is 7.90. The second kappa shape index (κ2) is 5.28. The van der Waals surface area contributed by atoms with Gasteiger partial charge in [-0.1, -0.05) is 5.16 Å². The quantitative estimate of drug-likeness (QED) is 0.625. The number of aromatic nitrogens is 1. The van der Waals surface area contributed by atoms with Gasteiger partial charge in [-0.3, -0.25) is 0 Å².